The normalized spacial score (nSPS) is 10.0. The third-order valence-electron chi connectivity index (χ3n) is 1.80. The number of thiazole rings is 1. The molecule has 0 unspecified atom stereocenters. The Morgan fingerprint density at radius 1 is 1.50 bits per heavy atom. The van der Waals surface area contributed by atoms with E-state index < -0.39 is 0 Å². The summed E-state index contributed by atoms with van der Waals surface area (Å²) in [5.41, 5.74) is 10.1. The van der Waals surface area contributed by atoms with Crippen LogP contribution < -0.4 is 11.1 Å². The Balaban J connectivity index is 2.02. The maximum absolute atomic E-state index is 5.74. The van der Waals surface area contributed by atoms with Crippen LogP contribution in [-0.2, 0) is 6.54 Å². The summed E-state index contributed by atoms with van der Waals surface area (Å²) in [7, 11) is 0. The number of hydrogen-bond donors (Lipinski definition) is 2. The number of rotatable bonds is 3. The first-order valence-corrected chi connectivity index (χ1v) is 5.11. The minimum absolute atomic E-state index is 0.680. The maximum atomic E-state index is 5.74. The number of nitrogen functional groups attached to an aromatic ring is 1. The molecule has 0 saturated heterocycles. The highest BCUT2D eigenvalue weighted by molar-refractivity contribution is 7.07. The molecular weight excluding hydrogens is 196 g/mol. The highest BCUT2D eigenvalue weighted by Crippen LogP contribution is 2.15. The van der Waals surface area contributed by atoms with Gasteiger partial charge in [-0.3, -0.25) is 4.98 Å². The highest BCUT2D eigenvalue weighted by Gasteiger charge is 1.98. The van der Waals surface area contributed by atoms with Crippen LogP contribution in [0.2, 0.25) is 0 Å². The van der Waals surface area contributed by atoms with E-state index in [1.54, 1.807) is 29.8 Å². The van der Waals surface area contributed by atoms with E-state index in [9.17, 15) is 0 Å². The van der Waals surface area contributed by atoms with Crippen molar-refractivity contribution < 1.29 is 0 Å². The Kier molecular flexibility index (Phi) is 2.60. The van der Waals surface area contributed by atoms with E-state index in [1.807, 2.05) is 10.9 Å². The number of nitrogens with one attached hydrogen (secondary N) is 1. The van der Waals surface area contributed by atoms with Gasteiger partial charge >= 0.3 is 0 Å². The van der Waals surface area contributed by atoms with E-state index in [1.165, 1.54) is 0 Å². The first-order valence-electron chi connectivity index (χ1n) is 4.16. The van der Waals surface area contributed by atoms with Crippen molar-refractivity contribution in [3.8, 4) is 0 Å². The van der Waals surface area contributed by atoms with Crippen LogP contribution in [0.25, 0.3) is 0 Å². The molecule has 0 atom stereocenters. The van der Waals surface area contributed by atoms with E-state index in [0.717, 1.165) is 11.4 Å². The molecule has 0 radical (unpaired) electrons. The van der Waals surface area contributed by atoms with E-state index >= 15 is 0 Å². The van der Waals surface area contributed by atoms with Crippen LogP contribution in [0.15, 0.2) is 29.4 Å². The van der Waals surface area contributed by atoms with Gasteiger partial charge in [-0.2, -0.15) is 0 Å². The largest absolute Gasteiger partial charge is 0.397 e. The van der Waals surface area contributed by atoms with Gasteiger partial charge in [-0.05, 0) is 6.07 Å². The molecule has 2 heterocycles. The smallest absolute Gasteiger partial charge is 0.0795 e. The molecule has 0 amide bonds. The fraction of sp³-hybridized carbons (Fsp3) is 0.111. The molecule has 5 heteroatoms. The lowest BCUT2D eigenvalue weighted by Gasteiger charge is -2.05. The summed E-state index contributed by atoms with van der Waals surface area (Å²) in [6.07, 6.45) is 3.38. The van der Waals surface area contributed by atoms with Gasteiger partial charge in [-0.25, -0.2) is 4.98 Å². The van der Waals surface area contributed by atoms with Crippen molar-refractivity contribution >= 4 is 22.7 Å². The molecule has 0 spiro atoms. The lowest BCUT2D eigenvalue weighted by Crippen LogP contribution is -2.02. The minimum atomic E-state index is 0.680. The van der Waals surface area contributed by atoms with Gasteiger partial charge in [0.1, 0.15) is 0 Å². The molecule has 2 aromatic heterocycles. The molecule has 0 aliphatic carbocycles. The van der Waals surface area contributed by atoms with Crippen molar-refractivity contribution in [2.45, 2.75) is 6.54 Å². The second kappa shape index (κ2) is 4.06. The van der Waals surface area contributed by atoms with Crippen molar-refractivity contribution in [2.75, 3.05) is 11.1 Å². The lowest BCUT2D eigenvalue weighted by atomic mass is 10.3. The van der Waals surface area contributed by atoms with Crippen molar-refractivity contribution in [1.29, 1.82) is 0 Å². The zero-order valence-corrected chi connectivity index (χ0v) is 8.29. The second-order valence-electron chi connectivity index (χ2n) is 2.80. The Labute approximate surface area is 85.8 Å². The molecule has 14 heavy (non-hydrogen) atoms. The number of nitrogens with zero attached hydrogens (tertiary/aromatic N) is 2. The van der Waals surface area contributed by atoms with Crippen LogP contribution in [-0.4, -0.2) is 9.97 Å². The summed E-state index contributed by atoms with van der Waals surface area (Å²) < 4.78 is 0. The zero-order valence-electron chi connectivity index (χ0n) is 7.47. The van der Waals surface area contributed by atoms with Crippen molar-refractivity contribution in [1.82, 2.24) is 9.97 Å². The molecule has 0 aliphatic heterocycles. The first kappa shape index (κ1) is 8.96. The molecule has 0 saturated carbocycles. The van der Waals surface area contributed by atoms with Gasteiger partial charge < -0.3 is 11.1 Å². The molecule has 3 N–H and O–H groups in total. The number of hydrogen-bond acceptors (Lipinski definition) is 5. The summed E-state index contributed by atoms with van der Waals surface area (Å²) in [6, 6.07) is 1.77. The third kappa shape index (κ3) is 2.00. The van der Waals surface area contributed by atoms with Gasteiger partial charge in [0.15, 0.2) is 0 Å². The number of nitrogens with two attached hydrogens (primary N) is 1. The second-order valence-corrected chi connectivity index (χ2v) is 3.51. The highest BCUT2D eigenvalue weighted by atomic mass is 32.1. The molecular formula is C9H10N4S. The van der Waals surface area contributed by atoms with Crippen molar-refractivity contribution in [3.05, 3.63) is 35.0 Å². The van der Waals surface area contributed by atoms with Gasteiger partial charge in [0.2, 0.25) is 0 Å². The summed E-state index contributed by atoms with van der Waals surface area (Å²) >= 11 is 1.58. The van der Waals surface area contributed by atoms with Crippen molar-refractivity contribution in [2.24, 2.45) is 0 Å². The molecule has 4 nitrogen and oxygen atoms in total. The summed E-state index contributed by atoms with van der Waals surface area (Å²) in [5.74, 6) is 0. The molecule has 2 rings (SSSR count). The average molecular weight is 206 g/mol. The van der Waals surface area contributed by atoms with E-state index in [0.29, 0.717) is 12.2 Å². The predicted octanol–water partition coefficient (Wildman–Crippen LogP) is 1.73. The van der Waals surface area contributed by atoms with E-state index in [2.05, 4.69) is 15.3 Å². The fourth-order valence-corrected chi connectivity index (χ4v) is 1.62. The number of pyridine rings is 1. The third-order valence-corrected chi connectivity index (χ3v) is 2.43. The minimum Gasteiger partial charge on any atom is -0.397 e. The molecule has 72 valence electrons. The molecule has 0 aliphatic rings. The van der Waals surface area contributed by atoms with Crippen LogP contribution in [0.3, 0.4) is 0 Å². The van der Waals surface area contributed by atoms with E-state index in [4.69, 9.17) is 5.73 Å². The SMILES string of the molecule is Nc1ccncc1NCc1cscn1. The standard InChI is InChI=1S/C9H10N4S/c10-8-1-2-11-4-9(8)12-3-7-5-14-6-13-7/h1-2,4-6,12H,3H2,(H2,10,11). The Morgan fingerprint density at radius 3 is 3.14 bits per heavy atom. The first-order chi connectivity index (χ1) is 6.86. The lowest BCUT2D eigenvalue weighted by molar-refractivity contribution is 1.07. The maximum Gasteiger partial charge on any atom is 0.0795 e. The zero-order chi connectivity index (χ0) is 9.80. The van der Waals surface area contributed by atoms with Crippen LogP contribution >= 0.6 is 11.3 Å². The van der Waals surface area contributed by atoms with Gasteiger partial charge in [0.05, 0.1) is 35.3 Å². The molecule has 0 bridgehead atoms. The Morgan fingerprint density at radius 2 is 2.43 bits per heavy atom. The van der Waals surface area contributed by atoms with Gasteiger partial charge in [-0.15, -0.1) is 11.3 Å². The van der Waals surface area contributed by atoms with Gasteiger partial charge in [-0.1, -0.05) is 0 Å². The Bertz CT molecular complexity index is 399. The molecule has 0 fully saturated rings. The topological polar surface area (TPSA) is 63.8 Å². The summed E-state index contributed by atoms with van der Waals surface area (Å²) in [5, 5.41) is 5.17. The van der Waals surface area contributed by atoms with Crippen LogP contribution in [0.4, 0.5) is 11.4 Å². The number of aromatic nitrogens is 2. The quantitative estimate of drug-likeness (QED) is 0.802. The van der Waals surface area contributed by atoms with Crippen LogP contribution in [0, 0.1) is 0 Å². The molecule has 0 aromatic carbocycles. The number of anilines is 2. The van der Waals surface area contributed by atoms with Crippen molar-refractivity contribution in [3.63, 3.8) is 0 Å². The van der Waals surface area contributed by atoms with Crippen LogP contribution in [0.1, 0.15) is 5.69 Å². The monoisotopic (exact) mass is 206 g/mol. The summed E-state index contributed by atoms with van der Waals surface area (Å²) in [4.78, 5) is 8.14. The summed E-state index contributed by atoms with van der Waals surface area (Å²) in [6.45, 7) is 0.680. The Hall–Kier alpha value is -1.62. The van der Waals surface area contributed by atoms with Crippen LogP contribution in [0.5, 0.6) is 0 Å². The van der Waals surface area contributed by atoms with E-state index in [-0.39, 0.29) is 0 Å². The molecule has 2 aromatic rings. The average Bonchev–Trinajstić information content (AvgIpc) is 2.69. The fourth-order valence-electron chi connectivity index (χ4n) is 1.06. The van der Waals surface area contributed by atoms with Gasteiger partial charge in [0.25, 0.3) is 0 Å². The predicted molar refractivity (Wildman–Crippen MR) is 58.1 cm³/mol. The van der Waals surface area contributed by atoms with Gasteiger partial charge in [0, 0.05) is 11.6 Å².